The molecular weight excluding hydrogens is 303 g/mol. The summed E-state index contributed by atoms with van der Waals surface area (Å²) in [6.07, 6.45) is 7.91. The summed E-state index contributed by atoms with van der Waals surface area (Å²) in [5.41, 5.74) is 2.08. The van der Waals surface area contributed by atoms with Gasteiger partial charge in [-0.3, -0.25) is 4.52 Å². The van der Waals surface area contributed by atoms with Crippen LogP contribution in [0.15, 0.2) is 18.2 Å². The standard InChI is InChI=1S/C16H25O3PS/c1-3-4-5-6-7-8-12-21-13-15-10-9-11-16(14(15)2)19-20(17)18/h9-11H,3-8,12-13H2,1-2H3. The van der Waals surface area contributed by atoms with Crippen molar-refractivity contribution in [2.45, 2.75) is 58.1 Å². The van der Waals surface area contributed by atoms with Gasteiger partial charge in [0, 0.05) is 11.3 Å². The first-order valence-electron chi connectivity index (χ1n) is 7.63. The highest BCUT2D eigenvalue weighted by atomic mass is 32.2. The molecule has 0 fully saturated rings. The van der Waals surface area contributed by atoms with Crippen LogP contribution in [0, 0.1) is 6.92 Å². The molecule has 5 heteroatoms. The molecule has 21 heavy (non-hydrogen) atoms. The number of rotatable bonds is 11. The Hall–Kier alpha value is -0.570. The molecule has 0 aromatic heterocycles. The van der Waals surface area contributed by atoms with Crippen LogP contribution in [0.1, 0.15) is 56.6 Å². The van der Waals surface area contributed by atoms with Gasteiger partial charge in [0.2, 0.25) is 0 Å². The van der Waals surface area contributed by atoms with Crippen LogP contribution in [0.25, 0.3) is 0 Å². The van der Waals surface area contributed by atoms with Gasteiger partial charge in [0.05, 0.1) is 0 Å². The van der Waals surface area contributed by atoms with E-state index in [1.165, 1.54) is 38.5 Å². The average molecular weight is 328 g/mol. The van der Waals surface area contributed by atoms with Crippen molar-refractivity contribution in [3.63, 3.8) is 0 Å². The molecule has 1 rings (SSSR count). The van der Waals surface area contributed by atoms with E-state index in [0.29, 0.717) is 5.75 Å². The first-order valence-corrected chi connectivity index (χ1v) is 9.88. The lowest BCUT2D eigenvalue weighted by atomic mass is 10.1. The highest BCUT2D eigenvalue weighted by Gasteiger charge is 2.11. The zero-order valence-corrected chi connectivity index (χ0v) is 14.7. The Kier molecular flexibility index (Phi) is 9.73. The van der Waals surface area contributed by atoms with Gasteiger partial charge in [-0.25, -0.2) is 0 Å². The zero-order valence-electron chi connectivity index (χ0n) is 13.0. The van der Waals surface area contributed by atoms with Gasteiger partial charge >= 0.3 is 8.25 Å². The number of hydrogen-bond acceptors (Lipinski definition) is 4. The van der Waals surface area contributed by atoms with E-state index in [1.807, 2.05) is 30.8 Å². The average Bonchev–Trinajstić information content (AvgIpc) is 2.45. The van der Waals surface area contributed by atoms with Gasteiger partial charge < -0.3 is 4.89 Å². The second-order valence-corrected chi connectivity index (χ2v) is 6.91. The van der Waals surface area contributed by atoms with Gasteiger partial charge in [0.15, 0.2) is 5.75 Å². The largest absolute Gasteiger partial charge is 0.558 e. The third-order valence-corrected chi connectivity index (χ3v) is 4.91. The normalized spacial score (nSPS) is 11.5. The van der Waals surface area contributed by atoms with Crippen LogP contribution in [0.5, 0.6) is 5.75 Å². The summed E-state index contributed by atoms with van der Waals surface area (Å²) in [5, 5.41) is 0. The molecule has 0 radical (unpaired) electrons. The van der Waals surface area contributed by atoms with Crippen molar-refractivity contribution < 1.29 is 14.0 Å². The van der Waals surface area contributed by atoms with E-state index >= 15 is 0 Å². The van der Waals surface area contributed by atoms with Crippen LogP contribution in [0.2, 0.25) is 0 Å². The minimum Gasteiger partial charge on any atom is -0.558 e. The third-order valence-electron chi connectivity index (χ3n) is 3.47. The molecule has 1 atom stereocenters. The fourth-order valence-corrected chi connectivity index (χ4v) is 3.61. The molecule has 0 heterocycles. The number of thioether (sulfide) groups is 1. The quantitative estimate of drug-likeness (QED) is 0.424. The van der Waals surface area contributed by atoms with E-state index in [1.54, 1.807) is 6.07 Å². The third kappa shape index (κ3) is 7.85. The van der Waals surface area contributed by atoms with E-state index in [-0.39, 0.29) is 0 Å². The van der Waals surface area contributed by atoms with Crippen LogP contribution in [-0.2, 0) is 10.3 Å². The summed E-state index contributed by atoms with van der Waals surface area (Å²) in [7, 11) is -2.84. The highest BCUT2D eigenvalue weighted by molar-refractivity contribution is 7.98. The lowest BCUT2D eigenvalue weighted by Gasteiger charge is -2.08. The Labute approximate surface area is 133 Å². The van der Waals surface area contributed by atoms with Crippen molar-refractivity contribution in [1.82, 2.24) is 0 Å². The molecular formula is C16H25O3PS. The van der Waals surface area contributed by atoms with Gasteiger partial charge in [-0.2, -0.15) is 11.8 Å². The monoisotopic (exact) mass is 328 g/mol. The Morgan fingerprint density at radius 2 is 1.90 bits per heavy atom. The molecule has 118 valence electrons. The predicted molar refractivity (Wildman–Crippen MR) is 89.0 cm³/mol. The second kappa shape index (κ2) is 11.1. The predicted octanol–water partition coefficient (Wildman–Crippen LogP) is 4.99. The maximum atomic E-state index is 10.6. The topological polar surface area (TPSA) is 49.4 Å². The molecule has 0 N–H and O–H groups in total. The van der Waals surface area contributed by atoms with E-state index in [4.69, 9.17) is 4.52 Å². The summed E-state index contributed by atoms with van der Waals surface area (Å²) in [6.45, 7) is 4.15. The fraction of sp³-hybridized carbons (Fsp3) is 0.625. The molecule has 0 aliphatic carbocycles. The van der Waals surface area contributed by atoms with Crippen molar-refractivity contribution in [2.75, 3.05) is 5.75 Å². The van der Waals surface area contributed by atoms with Crippen molar-refractivity contribution in [2.24, 2.45) is 0 Å². The first kappa shape index (κ1) is 18.5. The molecule has 0 amide bonds. The Morgan fingerprint density at radius 3 is 2.62 bits per heavy atom. The molecule has 0 saturated heterocycles. The Bertz CT molecular complexity index is 438. The summed E-state index contributed by atoms with van der Waals surface area (Å²) in [4.78, 5) is 10.6. The summed E-state index contributed by atoms with van der Waals surface area (Å²) in [6, 6.07) is 5.58. The van der Waals surface area contributed by atoms with Crippen LogP contribution < -0.4 is 9.42 Å². The van der Waals surface area contributed by atoms with Crippen LogP contribution in [0.3, 0.4) is 0 Å². The number of benzene rings is 1. The molecule has 1 unspecified atom stereocenters. The maximum Gasteiger partial charge on any atom is 0.539 e. The molecule has 0 saturated carbocycles. The van der Waals surface area contributed by atoms with Gasteiger partial charge in [-0.1, -0.05) is 51.2 Å². The van der Waals surface area contributed by atoms with Gasteiger partial charge in [0.1, 0.15) is 0 Å². The van der Waals surface area contributed by atoms with Gasteiger partial charge in [0.25, 0.3) is 0 Å². The molecule has 0 spiro atoms. The second-order valence-electron chi connectivity index (χ2n) is 5.18. The molecule has 0 aliphatic heterocycles. The minimum absolute atomic E-state index is 0.448. The summed E-state index contributed by atoms with van der Waals surface area (Å²) >= 11 is 1.91. The lowest BCUT2D eigenvalue weighted by molar-refractivity contribution is -0.178. The molecule has 1 aromatic carbocycles. The molecule has 1 aromatic rings. The summed E-state index contributed by atoms with van der Waals surface area (Å²) in [5.74, 6) is 2.52. The van der Waals surface area contributed by atoms with Crippen molar-refractivity contribution in [3.8, 4) is 5.75 Å². The molecule has 0 aliphatic rings. The molecule has 0 bridgehead atoms. The number of hydrogen-bond donors (Lipinski definition) is 0. The molecule has 3 nitrogen and oxygen atoms in total. The first-order chi connectivity index (χ1) is 10.1. The highest BCUT2D eigenvalue weighted by Crippen LogP contribution is 2.29. The lowest BCUT2D eigenvalue weighted by Crippen LogP contribution is -1.97. The van der Waals surface area contributed by atoms with Crippen LogP contribution >= 0.6 is 20.0 Å². The smallest absolute Gasteiger partial charge is 0.539 e. The van der Waals surface area contributed by atoms with E-state index in [2.05, 4.69) is 6.92 Å². The minimum atomic E-state index is -2.84. The SMILES string of the molecule is CCCCCCCCSCc1cccc(O[P+](=O)[O-])c1C. The van der Waals surface area contributed by atoms with Crippen LogP contribution in [0.4, 0.5) is 0 Å². The van der Waals surface area contributed by atoms with Gasteiger partial charge in [-0.05, 0) is 35.3 Å². The van der Waals surface area contributed by atoms with Gasteiger partial charge in [-0.15, -0.1) is 0 Å². The fourth-order valence-electron chi connectivity index (χ4n) is 2.16. The van der Waals surface area contributed by atoms with Crippen molar-refractivity contribution in [3.05, 3.63) is 29.3 Å². The van der Waals surface area contributed by atoms with E-state index in [0.717, 1.165) is 22.6 Å². The van der Waals surface area contributed by atoms with Crippen molar-refractivity contribution in [1.29, 1.82) is 0 Å². The van der Waals surface area contributed by atoms with Crippen LogP contribution in [-0.4, -0.2) is 5.75 Å². The van der Waals surface area contributed by atoms with E-state index in [9.17, 15) is 9.46 Å². The maximum absolute atomic E-state index is 10.6. The Morgan fingerprint density at radius 1 is 1.19 bits per heavy atom. The van der Waals surface area contributed by atoms with Crippen molar-refractivity contribution >= 4 is 20.0 Å². The number of unbranched alkanes of at least 4 members (excludes halogenated alkanes) is 5. The Balaban J connectivity index is 2.27. The van der Waals surface area contributed by atoms with E-state index < -0.39 is 8.25 Å². The summed E-state index contributed by atoms with van der Waals surface area (Å²) < 4.78 is 15.5. The zero-order chi connectivity index (χ0) is 15.5.